The third kappa shape index (κ3) is 2.28. The van der Waals surface area contributed by atoms with Crippen molar-refractivity contribution < 1.29 is 0 Å². The molecule has 1 aromatic carbocycles. The second-order valence-electron chi connectivity index (χ2n) is 5.58. The molecule has 0 aromatic heterocycles. The summed E-state index contributed by atoms with van der Waals surface area (Å²) in [5.74, 6) is 0.695. The predicted octanol–water partition coefficient (Wildman–Crippen LogP) is 2.44. The lowest BCUT2D eigenvalue weighted by atomic mass is 9.87. The van der Waals surface area contributed by atoms with Gasteiger partial charge in [-0.3, -0.25) is 4.90 Å². The van der Waals surface area contributed by atoms with Crippen molar-refractivity contribution in [2.45, 2.75) is 37.8 Å². The lowest BCUT2D eigenvalue weighted by Crippen LogP contribution is -2.58. The molecule has 0 amide bonds. The minimum atomic E-state index is -0.396. The topological polar surface area (TPSA) is 80.0 Å². The highest BCUT2D eigenvalue weighted by atomic mass is 15.4. The van der Waals surface area contributed by atoms with E-state index in [4.69, 9.17) is 11.5 Å². The number of rotatable bonds is 2. The van der Waals surface area contributed by atoms with Crippen LogP contribution in [-0.4, -0.2) is 17.6 Å². The standard InChI is InChI=1S/C16H21N5/c1-2-12-8-4-5-9-13(12)21-15(18)19-14(17)20-16(21)10-6-3-7-11-16/h2,4-5,8-9H,1,3,6-7,10-11H2,(H4,17,18,19,20). The van der Waals surface area contributed by atoms with Crippen LogP contribution in [0.15, 0.2) is 40.8 Å². The highest BCUT2D eigenvalue weighted by Crippen LogP contribution is 2.40. The molecule has 0 bridgehead atoms. The minimum absolute atomic E-state index is 0.279. The maximum Gasteiger partial charge on any atom is 0.220 e. The van der Waals surface area contributed by atoms with Gasteiger partial charge in [-0.2, -0.15) is 4.99 Å². The molecule has 1 saturated carbocycles. The zero-order valence-corrected chi connectivity index (χ0v) is 12.1. The highest BCUT2D eigenvalue weighted by Gasteiger charge is 2.42. The largest absolute Gasteiger partial charge is 0.369 e. The summed E-state index contributed by atoms with van der Waals surface area (Å²) in [7, 11) is 0. The van der Waals surface area contributed by atoms with Crippen molar-refractivity contribution in [2.75, 3.05) is 4.90 Å². The Morgan fingerprint density at radius 3 is 2.57 bits per heavy atom. The lowest BCUT2D eigenvalue weighted by Gasteiger charge is -2.46. The van der Waals surface area contributed by atoms with E-state index >= 15 is 0 Å². The molecule has 0 unspecified atom stereocenters. The van der Waals surface area contributed by atoms with Gasteiger partial charge < -0.3 is 11.5 Å². The Balaban J connectivity index is 2.13. The second kappa shape index (κ2) is 5.24. The number of benzene rings is 1. The molecule has 2 aliphatic rings. The summed E-state index contributed by atoms with van der Waals surface area (Å²) in [6, 6.07) is 8.04. The van der Waals surface area contributed by atoms with E-state index in [-0.39, 0.29) is 5.96 Å². The number of hydrogen-bond acceptors (Lipinski definition) is 5. The molecular weight excluding hydrogens is 262 g/mol. The fourth-order valence-electron chi connectivity index (χ4n) is 3.33. The van der Waals surface area contributed by atoms with Crippen molar-refractivity contribution in [2.24, 2.45) is 21.5 Å². The molecule has 1 aliphatic heterocycles. The van der Waals surface area contributed by atoms with Crippen LogP contribution in [0.1, 0.15) is 37.7 Å². The molecule has 4 N–H and O–H groups in total. The van der Waals surface area contributed by atoms with Gasteiger partial charge >= 0.3 is 0 Å². The van der Waals surface area contributed by atoms with Gasteiger partial charge in [0.1, 0.15) is 5.66 Å². The maximum absolute atomic E-state index is 6.21. The third-order valence-corrected chi connectivity index (χ3v) is 4.25. The van der Waals surface area contributed by atoms with Crippen LogP contribution in [-0.2, 0) is 0 Å². The molecule has 5 heteroatoms. The van der Waals surface area contributed by atoms with Gasteiger partial charge in [0.15, 0.2) is 0 Å². The molecule has 1 aromatic rings. The molecule has 1 aliphatic carbocycles. The quantitative estimate of drug-likeness (QED) is 0.874. The second-order valence-corrected chi connectivity index (χ2v) is 5.58. The Kier molecular flexibility index (Phi) is 3.41. The SMILES string of the molecule is C=Cc1ccccc1N1C(N)=NC(N)=NC12CCCCC2. The summed E-state index contributed by atoms with van der Waals surface area (Å²) in [4.78, 5) is 10.9. The molecule has 1 heterocycles. The summed E-state index contributed by atoms with van der Waals surface area (Å²) in [6.07, 6.45) is 7.18. The van der Waals surface area contributed by atoms with Crippen molar-refractivity contribution >= 4 is 23.7 Å². The Morgan fingerprint density at radius 1 is 1.14 bits per heavy atom. The average molecular weight is 283 g/mol. The van der Waals surface area contributed by atoms with E-state index in [1.807, 2.05) is 35.2 Å². The van der Waals surface area contributed by atoms with Crippen LogP contribution >= 0.6 is 0 Å². The Labute approximate surface area is 125 Å². The normalized spacial score (nSPS) is 20.9. The number of hydrogen-bond donors (Lipinski definition) is 2. The van der Waals surface area contributed by atoms with E-state index in [2.05, 4.69) is 16.6 Å². The van der Waals surface area contributed by atoms with Crippen LogP contribution in [0.5, 0.6) is 0 Å². The first-order valence-corrected chi connectivity index (χ1v) is 7.37. The van der Waals surface area contributed by atoms with E-state index < -0.39 is 5.66 Å². The fraction of sp³-hybridized carbons (Fsp3) is 0.375. The van der Waals surface area contributed by atoms with E-state index in [1.54, 1.807) is 0 Å². The summed E-state index contributed by atoms with van der Waals surface area (Å²) in [5, 5.41) is 0. The number of nitrogens with two attached hydrogens (primary N) is 2. The van der Waals surface area contributed by atoms with Crippen LogP contribution in [0.2, 0.25) is 0 Å². The summed E-state index contributed by atoms with van der Waals surface area (Å²) in [6.45, 7) is 3.89. The molecule has 1 fully saturated rings. The Hall–Kier alpha value is -2.30. The molecule has 110 valence electrons. The zero-order valence-electron chi connectivity index (χ0n) is 12.1. The van der Waals surface area contributed by atoms with E-state index in [0.29, 0.717) is 5.96 Å². The lowest BCUT2D eigenvalue weighted by molar-refractivity contribution is 0.305. The van der Waals surface area contributed by atoms with Crippen molar-refractivity contribution in [1.29, 1.82) is 0 Å². The van der Waals surface area contributed by atoms with Crippen LogP contribution < -0.4 is 16.4 Å². The van der Waals surface area contributed by atoms with E-state index in [1.165, 1.54) is 6.42 Å². The van der Waals surface area contributed by atoms with Gasteiger partial charge in [0, 0.05) is 0 Å². The van der Waals surface area contributed by atoms with Gasteiger partial charge in [-0.1, -0.05) is 37.3 Å². The molecule has 5 nitrogen and oxygen atoms in total. The maximum atomic E-state index is 6.21. The van der Waals surface area contributed by atoms with Gasteiger partial charge in [-0.05, 0) is 37.3 Å². The number of para-hydroxylation sites is 1. The van der Waals surface area contributed by atoms with Crippen molar-refractivity contribution in [1.82, 2.24) is 0 Å². The van der Waals surface area contributed by atoms with Crippen LogP contribution in [0, 0.1) is 0 Å². The van der Waals surface area contributed by atoms with Gasteiger partial charge in [0.25, 0.3) is 0 Å². The number of nitrogens with zero attached hydrogens (tertiary/aromatic N) is 3. The summed E-state index contributed by atoms with van der Waals surface area (Å²) in [5.41, 5.74) is 13.7. The molecule has 0 radical (unpaired) electrons. The number of anilines is 1. The zero-order chi connectivity index (χ0) is 14.9. The third-order valence-electron chi connectivity index (χ3n) is 4.25. The fourth-order valence-corrected chi connectivity index (χ4v) is 3.33. The minimum Gasteiger partial charge on any atom is -0.369 e. The van der Waals surface area contributed by atoms with Crippen LogP contribution in [0.4, 0.5) is 5.69 Å². The Bertz CT molecular complexity index is 611. The monoisotopic (exact) mass is 283 g/mol. The summed E-state index contributed by atoms with van der Waals surface area (Å²) < 4.78 is 0. The molecule has 3 rings (SSSR count). The predicted molar refractivity (Wildman–Crippen MR) is 88.1 cm³/mol. The first kappa shape index (κ1) is 13.7. The number of aliphatic imine (C=N–C) groups is 2. The summed E-state index contributed by atoms with van der Waals surface area (Å²) >= 11 is 0. The van der Waals surface area contributed by atoms with E-state index in [9.17, 15) is 0 Å². The van der Waals surface area contributed by atoms with Crippen LogP contribution in [0.25, 0.3) is 6.08 Å². The number of guanidine groups is 2. The molecule has 1 spiro atoms. The first-order chi connectivity index (χ1) is 10.2. The average Bonchev–Trinajstić information content (AvgIpc) is 2.47. The van der Waals surface area contributed by atoms with Crippen molar-refractivity contribution in [3.8, 4) is 0 Å². The molecule has 0 atom stereocenters. The van der Waals surface area contributed by atoms with Crippen LogP contribution in [0.3, 0.4) is 0 Å². The smallest absolute Gasteiger partial charge is 0.220 e. The van der Waals surface area contributed by atoms with Gasteiger partial charge in [0.2, 0.25) is 11.9 Å². The van der Waals surface area contributed by atoms with Gasteiger partial charge in [-0.15, -0.1) is 0 Å². The molecular formula is C16H21N5. The molecule has 0 saturated heterocycles. The Morgan fingerprint density at radius 2 is 1.86 bits per heavy atom. The molecule has 21 heavy (non-hydrogen) atoms. The van der Waals surface area contributed by atoms with E-state index in [0.717, 1.165) is 36.9 Å². The van der Waals surface area contributed by atoms with Gasteiger partial charge in [-0.25, -0.2) is 4.99 Å². The van der Waals surface area contributed by atoms with Gasteiger partial charge in [0.05, 0.1) is 5.69 Å². The first-order valence-electron chi connectivity index (χ1n) is 7.37. The highest BCUT2D eigenvalue weighted by molar-refractivity contribution is 6.06. The van der Waals surface area contributed by atoms with Crippen molar-refractivity contribution in [3.05, 3.63) is 36.4 Å². The van der Waals surface area contributed by atoms with Crippen molar-refractivity contribution in [3.63, 3.8) is 0 Å².